The van der Waals surface area contributed by atoms with Gasteiger partial charge in [-0.25, -0.2) is 9.97 Å². The van der Waals surface area contributed by atoms with Gasteiger partial charge in [0.1, 0.15) is 11.3 Å². The van der Waals surface area contributed by atoms with Crippen LogP contribution < -0.4 is 0 Å². The minimum atomic E-state index is 0.236. The quantitative estimate of drug-likeness (QED) is 0.618. The Morgan fingerprint density at radius 3 is 2.65 bits per heavy atom. The van der Waals surface area contributed by atoms with E-state index in [1.165, 1.54) is 0 Å². The molecule has 2 aromatic heterocycles. The number of aryl methyl sites for hydroxylation is 1. The third-order valence-corrected chi connectivity index (χ3v) is 2.80. The maximum absolute atomic E-state index is 5.78. The molecule has 0 spiro atoms. The Morgan fingerprint density at radius 1 is 1.12 bits per heavy atom. The van der Waals surface area contributed by atoms with Gasteiger partial charge in [-0.15, -0.1) is 0 Å². The summed E-state index contributed by atoms with van der Waals surface area (Å²) < 4.78 is 1.91. The summed E-state index contributed by atoms with van der Waals surface area (Å²) in [6.45, 7) is 0. The topological polar surface area (TPSA) is 43.6 Å². The minimum absolute atomic E-state index is 0.236. The maximum atomic E-state index is 5.78. The van der Waals surface area contributed by atoms with E-state index in [2.05, 4.69) is 15.0 Å². The number of hydrogen-bond acceptors (Lipinski definition) is 3. The Hall–Kier alpha value is -1.94. The van der Waals surface area contributed by atoms with Gasteiger partial charge < -0.3 is 4.57 Å². The van der Waals surface area contributed by atoms with E-state index in [0.717, 1.165) is 22.6 Å². The normalized spacial score (nSPS) is 10.9. The van der Waals surface area contributed by atoms with Crippen LogP contribution >= 0.6 is 11.6 Å². The van der Waals surface area contributed by atoms with Crippen LogP contribution in [0.3, 0.4) is 0 Å². The fourth-order valence-electron chi connectivity index (χ4n) is 1.81. The summed E-state index contributed by atoms with van der Waals surface area (Å²) in [6.07, 6.45) is 1.64. The highest BCUT2D eigenvalue weighted by Crippen LogP contribution is 2.22. The first-order valence-corrected chi connectivity index (χ1v) is 5.54. The summed E-state index contributed by atoms with van der Waals surface area (Å²) >= 11 is 5.78. The van der Waals surface area contributed by atoms with Gasteiger partial charge in [-0.3, -0.25) is 0 Å². The molecular formula is C12H9ClN4. The van der Waals surface area contributed by atoms with Gasteiger partial charge in [0, 0.05) is 12.6 Å². The van der Waals surface area contributed by atoms with Crippen LogP contribution in [0.4, 0.5) is 0 Å². The van der Waals surface area contributed by atoms with Crippen molar-refractivity contribution in [3.63, 3.8) is 0 Å². The van der Waals surface area contributed by atoms with Crippen LogP contribution in [0.5, 0.6) is 0 Å². The predicted octanol–water partition coefficient (Wildman–Crippen LogP) is 2.68. The molecular weight excluding hydrogens is 236 g/mol. The van der Waals surface area contributed by atoms with E-state index in [9.17, 15) is 0 Å². The van der Waals surface area contributed by atoms with E-state index in [0.29, 0.717) is 0 Å². The molecule has 3 aromatic rings. The summed E-state index contributed by atoms with van der Waals surface area (Å²) in [6, 6.07) is 9.95. The van der Waals surface area contributed by atoms with Gasteiger partial charge in [-0.1, -0.05) is 30.3 Å². The molecule has 0 aliphatic rings. The molecule has 0 unspecified atom stereocenters. The van der Waals surface area contributed by atoms with Crippen LogP contribution in [-0.2, 0) is 7.05 Å². The number of nitrogens with zero attached hydrogens (tertiary/aromatic N) is 4. The van der Waals surface area contributed by atoms with E-state index < -0.39 is 0 Å². The van der Waals surface area contributed by atoms with E-state index in [1.54, 1.807) is 6.20 Å². The fourth-order valence-corrected chi connectivity index (χ4v) is 1.94. The minimum Gasteiger partial charge on any atom is -0.312 e. The third kappa shape index (κ3) is 1.66. The smallest absolute Gasteiger partial charge is 0.224 e. The lowest BCUT2D eigenvalue weighted by atomic mass is 10.2. The van der Waals surface area contributed by atoms with Gasteiger partial charge in [0.15, 0.2) is 5.65 Å². The van der Waals surface area contributed by atoms with Crippen LogP contribution in [-0.4, -0.2) is 19.5 Å². The third-order valence-electron chi connectivity index (χ3n) is 2.61. The molecule has 3 rings (SSSR count). The van der Waals surface area contributed by atoms with E-state index in [4.69, 9.17) is 11.6 Å². The van der Waals surface area contributed by atoms with Crippen LogP contribution in [0, 0.1) is 0 Å². The first-order chi connectivity index (χ1) is 8.25. The number of aromatic nitrogens is 4. The van der Waals surface area contributed by atoms with Crippen LogP contribution in [0.15, 0.2) is 36.5 Å². The van der Waals surface area contributed by atoms with Gasteiger partial charge in [-0.05, 0) is 11.6 Å². The maximum Gasteiger partial charge on any atom is 0.224 e. The first-order valence-electron chi connectivity index (χ1n) is 5.16. The zero-order valence-corrected chi connectivity index (χ0v) is 9.89. The van der Waals surface area contributed by atoms with Gasteiger partial charge in [-0.2, -0.15) is 4.98 Å². The van der Waals surface area contributed by atoms with Crippen LogP contribution in [0.1, 0.15) is 0 Å². The molecule has 0 atom stereocenters. The number of hydrogen-bond donors (Lipinski definition) is 0. The van der Waals surface area contributed by atoms with Crippen molar-refractivity contribution < 1.29 is 0 Å². The Morgan fingerprint density at radius 2 is 1.88 bits per heavy atom. The van der Waals surface area contributed by atoms with Crippen molar-refractivity contribution in [1.29, 1.82) is 0 Å². The second-order valence-electron chi connectivity index (χ2n) is 3.71. The van der Waals surface area contributed by atoms with Gasteiger partial charge in [0.05, 0.1) is 6.20 Å². The molecule has 0 N–H and O–H groups in total. The van der Waals surface area contributed by atoms with Crippen molar-refractivity contribution in [2.45, 2.75) is 0 Å². The number of benzene rings is 1. The molecule has 1 aromatic carbocycles. The summed E-state index contributed by atoms with van der Waals surface area (Å²) in [5, 5.41) is 0.236. The number of imidazole rings is 1. The molecule has 2 heterocycles. The molecule has 0 aliphatic heterocycles. The molecule has 0 saturated heterocycles. The summed E-state index contributed by atoms with van der Waals surface area (Å²) in [5.74, 6) is 0.858. The fraction of sp³-hybridized carbons (Fsp3) is 0.0833. The van der Waals surface area contributed by atoms with E-state index in [1.807, 2.05) is 41.9 Å². The number of fused-ring (bicyclic) bond motifs is 1. The van der Waals surface area contributed by atoms with Crippen molar-refractivity contribution >= 4 is 22.8 Å². The Labute approximate surface area is 103 Å². The zero-order valence-electron chi connectivity index (χ0n) is 9.13. The molecule has 0 aliphatic carbocycles. The van der Waals surface area contributed by atoms with Crippen molar-refractivity contribution in [2.24, 2.45) is 7.05 Å². The van der Waals surface area contributed by atoms with Gasteiger partial charge >= 0.3 is 0 Å². The molecule has 0 radical (unpaired) electrons. The highest BCUT2D eigenvalue weighted by molar-refractivity contribution is 6.28. The second-order valence-corrected chi connectivity index (χ2v) is 4.05. The summed E-state index contributed by atoms with van der Waals surface area (Å²) in [4.78, 5) is 12.6. The van der Waals surface area contributed by atoms with Crippen molar-refractivity contribution in [1.82, 2.24) is 19.5 Å². The van der Waals surface area contributed by atoms with E-state index >= 15 is 0 Å². The zero-order chi connectivity index (χ0) is 11.8. The van der Waals surface area contributed by atoms with Gasteiger partial charge in [0.2, 0.25) is 5.28 Å². The molecule has 84 valence electrons. The van der Waals surface area contributed by atoms with Crippen molar-refractivity contribution in [3.8, 4) is 11.4 Å². The first kappa shape index (κ1) is 10.2. The highest BCUT2D eigenvalue weighted by Gasteiger charge is 2.11. The monoisotopic (exact) mass is 244 g/mol. The molecule has 17 heavy (non-hydrogen) atoms. The summed E-state index contributed by atoms with van der Waals surface area (Å²) in [7, 11) is 1.92. The standard InChI is InChI=1S/C12H9ClN4/c1-17-10(8-5-3-2-4-6-8)15-9-7-14-12(13)16-11(9)17/h2-7H,1H3. The number of halogens is 1. The van der Waals surface area contributed by atoms with Crippen LogP contribution in [0.25, 0.3) is 22.6 Å². The Kier molecular flexibility index (Phi) is 2.30. The second kappa shape index (κ2) is 3.82. The summed E-state index contributed by atoms with van der Waals surface area (Å²) in [5.41, 5.74) is 2.53. The van der Waals surface area contributed by atoms with Gasteiger partial charge in [0.25, 0.3) is 0 Å². The average Bonchev–Trinajstić information content (AvgIpc) is 2.68. The molecule has 5 heteroatoms. The number of rotatable bonds is 1. The Bertz CT molecular complexity index is 676. The molecule has 0 amide bonds. The molecule has 0 saturated carbocycles. The average molecular weight is 245 g/mol. The molecule has 0 bridgehead atoms. The van der Waals surface area contributed by atoms with Crippen molar-refractivity contribution in [3.05, 3.63) is 41.8 Å². The van der Waals surface area contributed by atoms with Crippen molar-refractivity contribution in [2.75, 3.05) is 0 Å². The Balaban J connectivity index is 2.28. The SMILES string of the molecule is Cn1c(-c2ccccc2)nc2cnc(Cl)nc21. The lowest BCUT2D eigenvalue weighted by molar-refractivity contribution is 0.939. The molecule has 0 fully saturated rings. The highest BCUT2D eigenvalue weighted by atomic mass is 35.5. The lowest BCUT2D eigenvalue weighted by Crippen LogP contribution is -1.94. The molecule has 4 nitrogen and oxygen atoms in total. The largest absolute Gasteiger partial charge is 0.312 e. The van der Waals surface area contributed by atoms with Crippen LogP contribution in [0.2, 0.25) is 5.28 Å². The predicted molar refractivity (Wildman–Crippen MR) is 66.8 cm³/mol. The van der Waals surface area contributed by atoms with E-state index in [-0.39, 0.29) is 5.28 Å². The lowest BCUT2D eigenvalue weighted by Gasteiger charge is -2.00.